The summed E-state index contributed by atoms with van der Waals surface area (Å²) in [5, 5.41) is 8.68. The van der Waals surface area contributed by atoms with Crippen LogP contribution in [0.4, 0.5) is 0 Å². The van der Waals surface area contributed by atoms with Crippen LogP contribution in [0.25, 0.3) is 0 Å². The molecule has 0 aromatic carbocycles. The van der Waals surface area contributed by atoms with Crippen LogP contribution in [0.15, 0.2) is 0 Å². The van der Waals surface area contributed by atoms with Crippen molar-refractivity contribution in [2.24, 2.45) is 11.3 Å². The second-order valence-electron chi connectivity index (χ2n) is 3.41. The highest BCUT2D eigenvalue weighted by molar-refractivity contribution is 5.61. The molecule has 11 heavy (non-hydrogen) atoms. The second-order valence-corrected chi connectivity index (χ2v) is 3.41. The Labute approximate surface area is 67.2 Å². The first-order valence-corrected chi connectivity index (χ1v) is 4.11. The number of rotatable bonds is 2. The zero-order valence-corrected chi connectivity index (χ0v) is 6.84. The Morgan fingerprint density at radius 1 is 1.55 bits per heavy atom. The van der Waals surface area contributed by atoms with Gasteiger partial charge in [-0.1, -0.05) is 12.8 Å². The molecule has 60 valence electrons. The minimum Gasteiger partial charge on any atom is -0.303 e. The number of nitrogens with zero attached hydrogens (tertiary/aromatic N) is 1. The number of carbonyl (C=O) groups is 1. The van der Waals surface area contributed by atoms with Crippen LogP contribution in [-0.2, 0) is 4.79 Å². The number of nitriles is 1. The molecule has 2 heteroatoms. The van der Waals surface area contributed by atoms with Crippen molar-refractivity contribution in [3.8, 4) is 6.07 Å². The van der Waals surface area contributed by atoms with Crippen LogP contribution < -0.4 is 0 Å². The predicted molar refractivity (Wildman–Crippen MR) is 41.7 cm³/mol. The molecule has 0 radical (unpaired) electrons. The zero-order chi connectivity index (χ0) is 8.32. The maximum Gasteiger partial charge on any atom is 0.127 e. The van der Waals surface area contributed by atoms with E-state index in [2.05, 4.69) is 6.07 Å². The van der Waals surface area contributed by atoms with Crippen LogP contribution in [0, 0.1) is 22.7 Å². The topological polar surface area (TPSA) is 40.9 Å². The highest BCUT2D eigenvalue weighted by Gasteiger charge is 2.38. The van der Waals surface area contributed by atoms with Crippen molar-refractivity contribution in [3.63, 3.8) is 0 Å². The molecule has 0 aliphatic heterocycles. The van der Waals surface area contributed by atoms with E-state index in [9.17, 15) is 4.79 Å². The Morgan fingerprint density at radius 2 is 2.09 bits per heavy atom. The van der Waals surface area contributed by atoms with Crippen LogP contribution in [-0.4, -0.2) is 6.29 Å². The molecule has 0 heterocycles. The molecule has 1 aliphatic carbocycles. The van der Waals surface area contributed by atoms with Gasteiger partial charge < -0.3 is 4.79 Å². The quantitative estimate of drug-likeness (QED) is 0.565. The van der Waals surface area contributed by atoms with Gasteiger partial charge in [0.15, 0.2) is 0 Å². The van der Waals surface area contributed by atoms with Gasteiger partial charge >= 0.3 is 0 Å². The van der Waals surface area contributed by atoms with Gasteiger partial charge in [0.25, 0.3) is 0 Å². The fourth-order valence-electron chi connectivity index (χ4n) is 1.81. The Kier molecular flexibility index (Phi) is 2.28. The van der Waals surface area contributed by atoms with Crippen molar-refractivity contribution < 1.29 is 4.79 Å². The number of hydrogen-bond donors (Lipinski definition) is 0. The van der Waals surface area contributed by atoms with Gasteiger partial charge in [0.1, 0.15) is 6.29 Å². The van der Waals surface area contributed by atoms with Gasteiger partial charge in [-0.3, -0.25) is 0 Å². The lowest BCUT2D eigenvalue weighted by molar-refractivity contribution is -0.117. The first kappa shape index (κ1) is 8.26. The molecule has 0 aromatic rings. The fraction of sp³-hybridized carbons (Fsp3) is 0.778. The van der Waals surface area contributed by atoms with Crippen LogP contribution in [0.2, 0.25) is 0 Å². The van der Waals surface area contributed by atoms with E-state index in [1.54, 1.807) is 0 Å². The van der Waals surface area contributed by atoms with Crippen molar-refractivity contribution in [2.75, 3.05) is 0 Å². The third kappa shape index (κ3) is 1.28. The summed E-state index contributed by atoms with van der Waals surface area (Å²) in [4.78, 5) is 10.8. The minimum atomic E-state index is -0.297. The normalized spacial score (nSPS) is 24.0. The van der Waals surface area contributed by atoms with Gasteiger partial charge in [-0.05, 0) is 19.8 Å². The first-order valence-electron chi connectivity index (χ1n) is 4.11. The SMILES string of the molecule is CC(C#N)C1(C=O)CCCC1. The summed E-state index contributed by atoms with van der Waals surface area (Å²) >= 11 is 0. The van der Waals surface area contributed by atoms with Crippen molar-refractivity contribution >= 4 is 6.29 Å². The molecule has 1 rings (SSSR count). The molecule has 0 aromatic heterocycles. The van der Waals surface area contributed by atoms with E-state index in [1.165, 1.54) is 0 Å². The summed E-state index contributed by atoms with van der Waals surface area (Å²) in [7, 11) is 0. The Balaban J connectivity index is 2.75. The molecular formula is C9H13NO. The van der Waals surface area contributed by atoms with Gasteiger partial charge in [0.05, 0.1) is 12.0 Å². The summed E-state index contributed by atoms with van der Waals surface area (Å²) in [5.41, 5.74) is -0.297. The Morgan fingerprint density at radius 3 is 2.45 bits per heavy atom. The molecule has 0 spiro atoms. The van der Waals surface area contributed by atoms with E-state index in [-0.39, 0.29) is 11.3 Å². The number of hydrogen-bond acceptors (Lipinski definition) is 2. The van der Waals surface area contributed by atoms with Crippen LogP contribution in [0.3, 0.4) is 0 Å². The van der Waals surface area contributed by atoms with Crippen LogP contribution in [0.5, 0.6) is 0 Å². The van der Waals surface area contributed by atoms with Gasteiger partial charge in [0.2, 0.25) is 0 Å². The second kappa shape index (κ2) is 3.04. The molecule has 0 amide bonds. The van der Waals surface area contributed by atoms with E-state index < -0.39 is 0 Å². The smallest absolute Gasteiger partial charge is 0.127 e. The van der Waals surface area contributed by atoms with E-state index >= 15 is 0 Å². The zero-order valence-electron chi connectivity index (χ0n) is 6.84. The van der Waals surface area contributed by atoms with Crippen molar-refractivity contribution in [3.05, 3.63) is 0 Å². The molecule has 2 nitrogen and oxygen atoms in total. The summed E-state index contributed by atoms with van der Waals surface area (Å²) in [5.74, 6) is -0.109. The lowest BCUT2D eigenvalue weighted by Gasteiger charge is -2.23. The van der Waals surface area contributed by atoms with Crippen LogP contribution >= 0.6 is 0 Å². The number of carbonyl (C=O) groups excluding carboxylic acids is 1. The third-order valence-corrected chi connectivity index (χ3v) is 2.83. The maximum atomic E-state index is 10.8. The van der Waals surface area contributed by atoms with Gasteiger partial charge in [-0.2, -0.15) is 5.26 Å². The molecular weight excluding hydrogens is 138 g/mol. The highest BCUT2D eigenvalue weighted by Crippen LogP contribution is 2.42. The molecule has 1 unspecified atom stereocenters. The van der Waals surface area contributed by atoms with Crippen molar-refractivity contribution in [1.82, 2.24) is 0 Å². The molecule has 0 bridgehead atoms. The van der Waals surface area contributed by atoms with E-state index in [1.807, 2.05) is 6.92 Å². The van der Waals surface area contributed by atoms with Crippen molar-refractivity contribution in [2.45, 2.75) is 32.6 Å². The maximum absolute atomic E-state index is 10.8. The third-order valence-electron chi connectivity index (χ3n) is 2.83. The lowest BCUT2D eigenvalue weighted by atomic mass is 9.77. The molecule has 1 fully saturated rings. The van der Waals surface area contributed by atoms with Crippen LogP contribution in [0.1, 0.15) is 32.6 Å². The summed E-state index contributed by atoms with van der Waals surface area (Å²) in [6.45, 7) is 1.85. The molecule has 1 aliphatic rings. The standard InChI is InChI=1S/C9H13NO/c1-8(6-10)9(7-11)4-2-3-5-9/h7-8H,2-5H2,1H3. The largest absolute Gasteiger partial charge is 0.303 e. The average Bonchev–Trinajstić information content (AvgIpc) is 2.52. The molecule has 1 saturated carbocycles. The predicted octanol–water partition coefficient (Wildman–Crippen LogP) is 1.91. The summed E-state index contributed by atoms with van der Waals surface area (Å²) < 4.78 is 0. The molecule has 0 N–H and O–H groups in total. The Hall–Kier alpha value is -0.840. The highest BCUT2D eigenvalue weighted by atomic mass is 16.1. The monoisotopic (exact) mass is 151 g/mol. The molecule has 0 saturated heterocycles. The van der Waals surface area contributed by atoms with Gasteiger partial charge in [-0.25, -0.2) is 0 Å². The van der Waals surface area contributed by atoms with Gasteiger partial charge in [-0.15, -0.1) is 0 Å². The lowest BCUT2D eigenvalue weighted by Crippen LogP contribution is -2.25. The average molecular weight is 151 g/mol. The Bertz CT molecular complexity index is 186. The summed E-state index contributed by atoms with van der Waals surface area (Å²) in [6.07, 6.45) is 5.01. The fourth-order valence-corrected chi connectivity index (χ4v) is 1.81. The molecule has 1 atom stereocenters. The van der Waals surface area contributed by atoms with Crippen molar-refractivity contribution in [1.29, 1.82) is 5.26 Å². The van der Waals surface area contributed by atoms with Gasteiger partial charge in [0, 0.05) is 5.41 Å². The van der Waals surface area contributed by atoms with E-state index in [0.717, 1.165) is 32.0 Å². The van der Waals surface area contributed by atoms with E-state index in [4.69, 9.17) is 5.26 Å². The first-order chi connectivity index (χ1) is 5.25. The minimum absolute atomic E-state index is 0.109. The summed E-state index contributed by atoms with van der Waals surface area (Å²) in [6, 6.07) is 2.17. The van der Waals surface area contributed by atoms with E-state index in [0.29, 0.717) is 0 Å². The number of aldehydes is 1.